The molecule has 2 aromatic carbocycles. The number of benzene rings is 2. The first-order valence-electron chi connectivity index (χ1n) is 6.14. The summed E-state index contributed by atoms with van der Waals surface area (Å²) in [6.45, 7) is 0. The molecule has 0 atom stereocenters. The number of nitrogen functional groups attached to an aromatic ring is 1. The largest absolute Gasteiger partial charge is 0.497 e. The number of amides is 1. The van der Waals surface area contributed by atoms with Crippen LogP contribution in [0, 0.1) is 5.82 Å². The molecular weight excluding hydrogens is 275 g/mol. The van der Waals surface area contributed by atoms with Crippen LogP contribution in [0.5, 0.6) is 11.5 Å². The summed E-state index contributed by atoms with van der Waals surface area (Å²) < 4.78 is 23.6. The van der Waals surface area contributed by atoms with Crippen molar-refractivity contribution in [3.8, 4) is 11.5 Å². The number of carbonyl (C=O) groups is 1. The van der Waals surface area contributed by atoms with Gasteiger partial charge in [-0.2, -0.15) is 0 Å². The van der Waals surface area contributed by atoms with E-state index in [1.54, 1.807) is 18.2 Å². The molecule has 0 spiro atoms. The van der Waals surface area contributed by atoms with Crippen LogP contribution in [-0.4, -0.2) is 20.1 Å². The van der Waals surface area contributed by atoms with E-state index in [1.807, 2.05) is 0 Å². The number of hydrogen-bond acceptors (Lipinski definition) is 4. The Morgan fingerprint density at radius 3 is 2.62 bits per heavy atom. The minimum absolute atomic E-state index is 0.0628. The molecule has 0 aliphatic rings. The van der Waals surface area contributed by atoms with Gasteiger partial charge in [0.05, 0.1) is 31.2 Å². The lowest BCUT2D eigenvalue weighted by Crippen LogP contribution is -2.15. The van der Waals surface area contributed by atoms with E-state index in [0.29, 0.717) is 17.2 Å². The molecule has 21 heavy (non-hydrogen) atoms. The first-order valence-corrected chi connectivity index (χ1v) is 6.14. The van der Waals surface area contributed by atoms with E-state index in [9.17, 15) is 9.18 Å². The molecule has 0 aliphatic carbocycles. The maximum atomic E-state index is 13.4. The molecule has 0 saturated carbocycles. The third kappa shape index (κ3) is 3.05. The zero-order chi connectivity index (χ0) is 15.4. The third-order valence-corrected chi connectivity index (χ3v) is 2.95. The molecular formula is C15H15FN2O3. The van der Waals surface area contributed by atoms with Crippen molar-refractivity contribution in [1.82, 2.24) is 0 Å². The molecule has 2 rings (SSSR count). The summed E-state index contributed by atoms with van der Waals surface area (Å²) in [5, 5.41) is 2.63. The van der Waals surface area contributed by atoms with Crippen molar-refractivity contribution < 1.29 is 18.7 Å². The van der Waals surface area contributed by atoms with Crippen LogP contribution < -0.4 is 20.5 Å². The predicted octanol–water partition coefficient (Wildman–Crippen LogP) is 2.68. The van der Waals surface area contributed by atoms with Crippen molar-refractivity contribution in [2.45, 2.75) is 0 Å². The van der Waals surface area contributed by atoms with Gasteiger partial charge in [-0.25, -0.2) is 4.39 Å². The summed E-state index contributed by atoms with van der Waals surface area (Å²) >= 11 is 0. The monoisotopic (exact) mass is 290 g/mol. The van der Waals surface area contributed by atoms with Gasteiger partial charge in [0.25, 0.3) is 5.91 Å². The lowest BCUT2D eigenvalue weighted by molar-refractivity contribution is 0.102. The van der Waals surface area contributed by atoms with Crippen molar-refractivity contribution in [3.63, 3.8) is 0 Å². The number of nitrogens with two attached hydrogens (primary N) is 1. The fourth-order valence-corrected chi connectivity index (χ4v) is 1.83. The van der Waals surface area contributed by atoms with Crippen LogP contribution in [-0.2, 0) is 0 Å². The van der Waals surface area contributed by atoms with Gasteiger partial charge >= 0.3 is 0 Å². The van der Waals surface area contributed by atoms with E-state index in [1.165, 1.54) is 32.4 Å². The molecule has 0 unspecified atom stereocenters. The summed E-state index contributed by atoms with van der Waals surface area (Å²) in [6.07, 6.45) is 0. The summed E-state index contributed by atoms with van der Waals surface area (Å²) in [6, 6.07) is 9.00. The van der Waals surface area contributed by atoms with Crippen LogP contribution in [0.2, 0.25) is 0 Å². The molecule has 0 fully saturated rings. The summed E-state index contributed by atoms with van der Waals surface area (Å²) in [5.74, 6) is -0.132. The number of methoxy groups -OCH3 is 2. The fourth-order valence-electron chi connectivity index (χ4n) is 1.83. The summed E-state index contributed by atoms with van der Waals surface area (Å²) in [7, 11) is 3.00. The van der Waals surface area contributed by atoms with E-state index in [0.717, 1.165) is 0 Å². The Balaban J connectivity index is 2.29. The van der Waals surface area contributed by atoms with Crippen LogP contribution in [0.25, 0.3) is 0 Å². The highest BCUT2D eigenvalue weighted by molar-refractivity contribution is 6.08. The molecule has 3 N–H and O–H groups in total. The highest BCUT2D eigenvalue weighted by atomic mass is 19.1. The molecule has 6 heteroatoms. The average Bonchev–Trinajstić information content (AvgIpc) is 2.50. The van der Waals surface area contributed by atoms with Crippen LogP contribution in [0.15, 0.2) is 36.4 Å². The zero-order valence-electron chi connectivity index (χ0n) is 11.6. The first kappa shape index (κ1) is 14.6. The Kier molecular flexibility index (Phi) is 4.27. The van der Waals surface area contributed by atoms with Gasteiger partial charge in [0.15, 0.2) is 0 Å². The number of nitrogens with one attached hydrogen (secondary N) is 1. The maximum Gasteiger partial charge on any atom is 0.257 e. The Morgan fingerprint density at radius 2 is 1.95 bits per heavy atom. The Labute approximate surface area is 121 Å². The highest BCUT2D eigenvalue weighted by Gasteiger charge is 2.15. The van der Waals surface area contributed by atoms with E-state index in [4.69, 9.17) is 15.2 Å². The van der Waals surface area contributed by atoms with Gasteiger partial charge < -0.3 is 20.5 Å². The molecule has 0 bridgehead atoms. The van der Waals surface area contributed by atoms with Crippen molar-refractivity contribution in [3.05, 3.63) is 47.8 Å². The Morgan fingerprint density at radius 1 is 1.19 bits per heavy atom. The summed E-state index contributed by atoms with van der Waals surface area (Å²) in [4.78, 5) is 12.2. The molecule has 0 saturated heterocycles. The van der Waals surface area contributed by atoms with Crippen LogP contribution in [0.4, 0.5) is 15.8 Å². The zero-order valence-corrected chi connectivity index (χ0v) is 11.6. The van der Waals surface area contributed by atoms with E-state index in [2.05, 4.69) is 5.32 Å². The topological polar surface area (TPSA) is 73.6 Å². The smallest absolute Gasteiger partial charge is 0.257 e. The van der Waals surface area contributed by atoms with Crippen LogP contribution in [0.3, 0.4) is 0 Å². The maximum absolute atomic E-state index is 13.4. The molecule has 2 aromatic rings. The predicted molar refractivity (Wildman–Crippen MR) is 78.3 cm³/mol. The van der Waals surface area contributed by atoms with Crippen molar-refractivity contribution in [2.24, 2.45) is 0 Å². The van der Waals surface area contributed by atoms with Crippen molar-refractivity contribution >= 4 is 17.3 Å². The minimum atomic E-state index is -0.635. The van der Waals surface area contributed by atoms with E-state index in [-0.39, 0.29) is 11.3 Å². The van der Waals surface area contributed by atoms with Gasteiger partial charge in [-0.3, -0.25) is 4.79 Å². The number of anilines is 2. The normalized spacial score (nSPS) is 10.0. The lowest BCUT2D eigenvalue weighted by Gasteiger charge is -2.12. The van der Waals surface area contributed by atoms with Gasteiger partial charge in [-0.05, 0) is 24.3 Å². The average molecular weight is 290 g/mol. The molecule has 0 aliphatic heterocycles. The highest BCUT2D eigenvalue weighted by Crippen LogP contribution is 2.29. The summed E-state index contributed by atoms with van der Waals surface area (Å²) in [5.41, 5.74) is 5.87. The Bertz CT molecular complexity index is 674. The third-order valence-electron chi connectivity index (χ3n) is 2.95. The van der Waals surface area contributed by atoms with Gasteiger partial charge in [-0.1, -0.05) is 6.07 Å². The SMILES string of the molecule is COc1ccc(NC(=O)c2cccc(F)c2N)c(OC)c1. The molecule has 1 amide bonds. The molecule has 5 nitrogen and oxygen atoms in total. The quantitative estimate of drug-likeness (QED) is 0.849. The van der Waals surface area contributed by atoms with Crippen LogP contribution >= 0.6 is 0 Å². The number of carbonyl (C=O) groups excluding carboxylic acids is 1. The lowest BCUT2D eigenvalue weighted by atomic mass is 10.1. The molecule has 0 radical (unpaired) electrons. The standard InChI is InChI=1S/C15H15FN2O3/c1-20-9-6-7-12(13(8-9)21-2)18-15(19)10-4-3-5-11(16)14(10)17/h3-8H,17H2,1-2H3,(H,18,19). The van der Waals surface area contributed by atoms with E-state index < -0.39 is 11.7 Å². The Hall–Kier alpha value is -2.76. The number of rotatable bonds is 4. The van der Waals surface area contributed by atoms with Gasteiger partial charge in [0, 0.05) is 6.07 Å². The number of para-hydroxylation sites is 1. The second kappa shape index (κ2) is 6.13. The van der Waals surface area contributed by atoms with E-state index >= 15 is 0 Å². The minimum Gasteiger partial charge on any atom is -0.497 e. The van der Waals surface area contributed by atoms with Gasteiger partial charge in [0.1, 0.15) is 17.3 Å². The van der Waals surface area contributed by atoms with Gasteiger partial charge in [0.2, 0.25) is 0 Å². The van der Waals surface area contributed by atoms with Crippen LogP contribution in [0.1, 0.15) is 10.4 Å². The number of hydrogen-bond donors (Lipinski definition) is 2. The van der Waals surface area contributed by atoms with Crippen molar-refractivity contribution in [2.75, 3.05) is 25.3 Å². The van der Waals surface area contributed by atoms with Crippen molar-refractivity contribution in [1.29, 1.82) is 0 Å². The number of halogens is 1. The van der Waals surface area contributed by atoms with Gasteiger partial charge in [-0.15, -0.1) is 0 Å². The number of ether oxygens (including phenoxy) is 2. The molecule has 0 aromatic heterocycles. The second-order valence-corrected chi connectivity index (χ2v) is 4.22. The fraction of sp³-hybridized carbons (Fsp3) is 0.133. The first-order chi connectivity index (χ1) is 10.1. The molecule has 0 heterocycles. The second-order valence-electron chi connectivity index (χ2n) is 4.22. The molecule has 110 valence electrons.